The summed E-state index contributed by atoms with van der Waals surface area (Å²) in [6, 6.07) is 0. The summed E-state index contributed by atoms with van der Waals surface area (Å²) in [7, 11) is 0. The summed E-state index contributed by atoms with van der Waals surface area (Å²) in [5.74, 6) is 0.734. The average molecular weight is 365 g/mol. The summed E-state index contributed by atoms with van der Waals surface area (Å²) in [5, 5.41) is 10.1. The van der Waals surface area contributed by atoms with Gasteiger partial charge in [-0.1, -0.05) is 38.0 Å². The Morgan fingerprint density at radius 3 is 2.64 bits per heavy atom. The second-order valence-corrected chi connectivity index (χ2v) is 8.79. The van der Waals surface area contributed by atoms with Crippen molar-refractivity contribution in [1.82, 2.24) is 0 Å². The van der Waals surface area contributed by atoms with E-state index in [1.165, 1.54) is 12.8 Å². The molecule has 0 saturated carbocycles. The van der Waals surface area contributed by atoms with Crippen molar-refractivity contribution in [2.45, 2.75) is 81.6 Å². The fourth-order valence-corrected chi connectivity index (χ4v) is 5.94. The minimum absolute atomic E-state index is 0.250. The molecule has 0 amide bonds. The number of rotatable bonds is 12. The number of aliphatic carboxylic acids is 1. The summed E-state index contributed by atoms with van der Waals surface area (Å²) < 4.78 is 0. The standard InChI is InChI=1S/C21H32O3S/c1-2-3-6-9-16(22)12-13-18-17(19-14-15-20(18)25-19)10-7-4-5-8-11-21(23)24/h4,7,12-13,17-20H,2-3,5-6,8-11,14-15H2,1H3,(H,23,24)/t17-,18+,19-,20+/m0/s1. The first-order valence-corrected chi connectivity index (χ1v) is 10.8. The Morgan fingerprint density at radius 2 is 1.88 bits per heavy atom. The van der Waals surface area contributed by atoms with Crippen molar-refractivity contribution in [3.8, 4) is 0 Å². The first-order chi connectivity index (χ1) is 12.1. The van der Waals surface area contributed by atoms with Gasteiger partial charge in [0.2, 0.25) is 0 Å². The molecule has 1 N–H and O–H groups in total. The quantitative estimate of drug-likeness (QED) is 0.286. The summed E-state index contributed by atoms with van der Waals surface area (Å²) in [4.78, 5) is 22.5. The van der Waals surface area contributed by atoms with Gasteiger partial charge in [-0.25, -0.2) is 0 Å². The lowest BCUT2D eigenvalue weighted by Gasteiger charge is -2.26. The summed E-state index contributed by atoms with van der Waals surface area (Å²) in [6.45, 7) is 2.16. The molecule has 2 rings (SSSR count). The highest BCUT2D eigenvalue weighted by Crippen LogP contribution is 2.54. The molecule has 2 fully saturated rings. The Kier molecular flexibility index (Phi) is 8.80. The molecular weight excluding hydrogens is 332 g/mol. The van der Waals surface area contributed by atoms with Gasteiger partial charge in [0.05, 0.1) is 0 Å². The van der Waals surface area contributed by atoms with Gasteiger partial charge in [0, 0.05) is 23.3 Å². The third kappa shape index (κ3) is 6.65. The Morgan fingerprint density at radius 1 is 1.08 bits per heavy atom. The van der Waals surface area contributed by atoms with E-state index >= 15 is 0 Å². The molecule has 0 unspecified atom stereocenters. The third-order valence-electron chi connectivity index (χ3n) is 5.35. The number of hydrogen-bond donors (Lipinski definition) is 1. The zero-order valence-corrected chi connectivity index (χ0v) is 16.2. The fraction of sp³-hybridized carbons (Fsp3) is 0.714. The first kappa shape index (κ1) is 20.3. The second-order valence-electron chi connectivity index (χ2n) is 7.31. The number of carbonyl (C=O) groups excluding carboxylic acids is 1. The molecule has 4 atom stereocenters. The molecule has 0 aromatic heterocycles. The Hall–Kier alpha value is -1.03. The molecule has 2 bridgehead atoms. The van der Waals surface area contributed by atoms with E-state index in [1.54, 1.807) is 0 Å². The second kappa shape index (κ2) is 10.8. The molecule has 0 aliphatic carbocycles. The van der Waals surface area contributed by atoms with E-state index in [-0.39, 0.29) is 12.2 Å². The number of carbonyl (C=O) groups is 2. The lowest BCUT2D eigenvalue weighted by Crippen LogP contribution is -2.25. The van der Waals surface area contributed by atoms with Gasteiger partial charge in [0.15, 0.2) is 5.78 Å². The predicted molar refractivity (Wildman–Crippen MR) is 105 cm³/mol. The van der Waals surface area contributed by atoms with Gasteiger partial charge in [0.25, 0.3) is 0 Å². The van der Waals surface area contributed by atoms with Crippen molar-refractivity contribution < 1.29 is 14.7 Å². The van der Waals surface area contributed by atoms with Gasteiger partial charge in [-0.3, -0.25) is 9.59 Å². The van der Waals surface area contributed by atoms with E-state index in [2.05, 4.69) is 36.9 Å². The van der Waals surface area contributed by atoms with E-state index in [0.717, 1.165) is 37.4 Å². The molecule has 2 heterocycles. The van der Waals surface area contributed by atoms with Gasteiger partial charge < -0.3 is 5.11 Å². The van der Waals surface area contributed by atoms with Crippen LogP contribution in [0.1, 0.15) is 71.1 Å². The topological polar surface area (TPSA) is 54.4 Å². The van der Waals surface area contributed by atoms with E-state index in [4.69, 9.17) is 5.11 Å². The van der Waals surface area contributed by atoms with Crippen LogP contribution in [0.4, 0.5) is 0 Å². The zero-order valence-electron chi connectivity index (χ0n) is 15.4. The molecule has 3 nitrogen and oxygen atoms in total. The number of allylic oxidation sites excluding steroid dienone is 4. The Balaban J connectivity index is 1.79. The van der Waals surface area contributed by atoms with Crippen LogP contribution in [-0.2, 0) is 9.59 Å². The van der Waals surface area contributed by atoms with Crippen LogP contribution in [0.15, 0.2) is 24.3 Å². The zero-order chi connectivity index (χ0) is 18.1. The van der Waals surface area contributed by atoms with Crippen molar-refractivity contribution in [3.63, 3.8) is 0 Å². The fourth-order valence-electron chi connectivity index (χ4n) is 3.98. The Labute approximate surface area is 156 Å². The van der Waals surface area contributed by atoms with E-state index < -0.39 is 5.97 Å². The normalized spacial score (nSPS) is 28.4. The van der Waals surface area contributed by atoms with Crippen molar-refractivity contribution in [3.05, 3.63) is 24.3 Å². The van der Waals surface area contributed by atoms with Crippen molar-refractivity contribution >= 4 is 23.5 Å². The van der Waals surface area contributed by atoms with Crippen molar-refractivity contribution in [2.75, 3.05) is 0 Å². The molecule has 0 radical (unpaired) electrons. The van der Waals surface area contributed by atoms with Crippen LogP contribution in [0.5, 0.6) is 0 Å². The summed E-state index contributed by atoms with van der Waals surface area (Å²) in [6.07, 6.45) is 17.9. The molecule has 0 aromatic rings. The molecule has 4 heteroatoms. The largest absolute Gasteiger partial charge is 0.481 e. The maximum absolute atomic E-state index is 12.0. The van der Waals surface area contributed by atoms with E-state index in [1.807, 2.05) is 6.08 Å². The molecule has 25 heavy (non-hydrogen) atoms. The third-order valence-corrected chi connectivity index (χ3v) is 7.19. The molecule has 2 saturated heterocycles. The van der Waals surface area contributed by atoms with Gasteiger partial charge in [-0.15, -0.1) is 0 Å². The van der Waals surface area contributed by atoms with Gasteiger partial charge in [-0.2, -0.15) is 11.8 Å². The van der Waals surface area contributed by atoms with E-state index in [0.29, 0.717) is 29.9 Å². The van der Waals surface area contributed by atoms with Crippen LogP contribution < -0.4 is 0 Å². The number of carboxylic acids is 1. The number of ketones is 1. The SMILES string of the molecule is CCCCCC(=O)C=C[C@@H]1[C@H](CC=CCCCC(=O)O)[C@@H]2CC[C@H]1S2. The molecule has 140 valence electrons. The van der Waals surface area contributed by atoms with Crippen molar-refractivity contribution in [1.29, 1.82) is 0 Å². The van der Waals surface area contributed by atoms with Crippen LogP contribution in [-0.4, -0.2) is 27.4 Å². The number of fused-ring (bicyclic) bond motifs is 2. The van der Waals surface area contributed by atoms with Crippen LogP contribution in [0, 0.1) is 11.8 Å². The highest BCUT2D eigenvalue weighted by Gasteiger charge is 2.46. The average Bonchev–Trinajstić information content (AvgIpc) is 3.17. The van der Waals surface area contributed by atoms with Gasteiger partial charge in [0.1, 0.15) is 0 Å². The summed E-state index contributed by atoms with van der Waals surface area (Å²) >= 11 is 2.12. The minimum Gasteiger partial charge on any atom is -0.481 e. The summed E-state index contributed by atoms with van der Waals surface area (Å²) in [5.41, 5.74) is 0. The van der Waals surface area contributed by atoms with Gasteiger partial charge >= 0.3 is 5.97 Å². The number of unbranched alkanes of at least 4 members (excludes halogenated alkanes) is 3. The lowest BCUT2D eigenvalue weighted by atomic mass is 9.77. The molecule has 2 aliphatic heterocycles. The van der Waals surface area contributed by atoms with Crippen LogP contribution in [0.3, 0.4) is 0 Å². The maximum atomic E-state index is 12.0. The lowest BCUT2D eigenvalue weighted by molar-refractivity contribution is -0.137. The number of thioether (sulfide) groups is 1. The van der Waals surface area contributed by atoms with Crippen LogP contribution >= 0.6 is 11.8 Å². The van der Waals surface area contributed by atoms with Gasteiger partial charge in [-0.05, 0) is 56.4 Å². The highest BCUT2D eigenvalue weighted by atomic mass is 32.2. The van der Waals surface area contributed by atoms with Crippen molar-refractivity contribution in [2.24, 2.45) is 11.8 Å². The Bertz CT molecular complexity index is 497. The molecule has 0 spiro atoms. The molecule has 0 aromatic carbocycles. The van der Waals surface area contributed by atoms with Crippen LogP contribution in [0.2, 0.25) is 0 Å². The number of hydrogen-bond acceptors (Lipinski definition) is 3. The maximum Gasteiger partial charge on any atom is 0.303 e. The number of carboxylic acid groups (broad SMARTS) is 1. The van der Waals surface area contributed by atoms with Crippen LogP contribution in [0.25, 0.3) is 0 Å². The highest BCUT2D eigenvalue weighted by molar-refractivity contribution is 8.01. The first-order valence-electron chi connectivity index (χ1n) is 9.85. The molecular formula is C21H32O3S. The predicted octanol–water partition coefficient (Wildman–Crippen LogP) is 5.40. The monoisotopic (exact) mass is 364 g/mol. The minimum atomic E-state index is -0.716. The smallest absolute Gasteiger partial charge is 0.303 e. The molecule has 2 aliphatic rings. The van der Waals surface area contributed by atoms with E-state index in [9.17, 15) is 9.59 Å².